The summed E-state index contributed by atoms with van der Waals surface area (Å²) in [6.07, 6.45) is 1.58. The molecule has 0 aliphatic heterocycles. The molecule has 0 radical (unpaired) electrons. The summed E-state index contributed by atoms with van der Waals surface area (Å²) in [7, 11) is 0. The molecule has 0 saturated heterocycles. The van der Waals surface area contributed by atoms with Gasteiger partial charge in [-0.1, -0.05) is 6.92 Å². The number of carbonyl (C=O) groups excluding carboxylic acids is 1. The van der Waals surface area contributed by atoms with Crippen LogP contribution in [0.25, 0.3) is 0 Å². The fraction of sp³-hybridized carbons (Fsp3) is 0.952. The minimum absolute atomic E-state index is 0.0615. The minimum Gasteiger partial charge on any atom is -0.462 e. The molecular formula is C21H38O6. The van der Waals surface area contributed by atoms with Gasteiger partial charge in [-0.3, -0.25) is 4.79 Å². The fourth-order valence-corrected chi connectivity index (χ4v) is 4.13. The van der Waals surface area contributed by atoms with Crippen molar-refractivity contribution in [3.63, 3.8) is 0 Å². The Hall–Kier alpha value is -0.690. The Bertz CT molecular complexity index is 479. The summed E-state index contributed by atoms with van der Waals surface area (Å²) >= 11 is 0. The van der Waals surface area contributed by atoms with Crippen molar-refractivity contribution in [1.82, 2.24) is 0 Å². The van der Waals surface area contributed by atoms with Gasteiger partial charge >= 0.3 is 5.97 Å². The summed E-state index contributed by atoms with van der Waals surface area (Å²) in [5.41, 5.74) is -0.462. The lowest BCUT2D eigenvalue weighted by atomic mass is 9.89. The van der Waals surface area contributed by atoms with Crippen LogP contribution in [0, 0.1) is 17.3 Å². The average molecular weight is 387 g/mol. The highest BCUT2D eigenvalue weighted by atomic mass is 16.7. The molecule has 0 spiro atoms. The van der Waals surface area contributed by atoms with Crippen molar-refractivity contribution in [2.45, 2.75) is 98.6 Å². The number of rotatable bonds is 11. The number of hydrogen-bond donors (Lipinski definition) is 0. The van der Waals surface area contributed by atoms with E-state index in [1.807, 2.05) is 48.5 Å². The van der Waals surface area contributed by atoms with E-state index in [-0.39, 0.29) is 42.8 Å². The van der Waals surface area contributed by atoms with Gasteiger partial charge < -0.3 is 23.7 Å². The normalized spacial score (nSPS) is 32.5. The smallest absolute Gasteiger partial charge is 0.311 e. The highest BCUT2D eigenvalue weighted by Crippen LogP contribution is 2.50. The molecular weight excluding hydrogens is 348 g/mol. The third-order valence-electron chi connectivity index (χ3n) is 5.99. The van der Waals surface area contributed by atoms with E-state index < -0.39 is 5.41 Å². The lowest BCUT2D eigenvalue weighted by Gasteiger charge is -2.38. The van der Waals surface area contributed by atoms with Crippen LogP contribution in [0.4, 0.5) is 0 Å². The van der Waals surface area contributed by atoms with Gasteiger partial charge in [0, 0.05) is 19.1 Å². The fourth-order valence-electron chi connectivity index (χ4n) is 4.13. The zero-order valence-electron chi connectivity index (χ0n) is 18.0. The predicted octanol–water partition coefficient (Wildman–Crippen LogP) is 3.91. The van der Waals surface area contributed by atoms with Gasteiger partial charge in [-0.25, -0.2) is 0 Å². The van der Waals surface area contributed by atoms with E-state index in [1.54, 1.807) is 0 Å². The summed E-state index contributed by atoms with van der Waals surface area (Å²) in [6, 6.07) is 0. The van der Waals surface area contributed by atoms with Crippen LogP contribution in [0.2, 0.25) is 0 Å². The summed E-state index contributed by atoms with van der Waals surface area (Å²) in [5.74, 6) is 0.312. The molecule has 7 unspecified atom stereocenters. The molecule has 2 fully saturated rings. The van der Waals surface area contributed by atoms with Gasteiger partial charge in [0.1, 0.15) is 6.10 Å². The van der Waals surface area contributed by atoms with Crippen LogP contribution in [-0.4, -0.2) is 50.1 Å². The topological polar surface area (TPSA) is 63.2 Å². The number of esters is 1. The zero-order valence-corrected chi connectivity index (χ0v) is 18.0. The van der Waals surface area contributed by atoms with Crippen LogP contribution in [0.15, 0.2) is 0 Å². The molecule has 6 nitrogen and oxygen atoms in total. The van der Waals surface area contributed by atoms with Gasteiger partial charge in [-0.15, -0.1) is 0 Å². The van der Waals surface area contributed by atoms with Crippen molar-refractivity contribution in [3.05, 3.63) is 0 Å². The van der Waals surface area contributed by atoms with Crippen molar-refractivity contribution in [2.24, 2.45) is 17.3 Å². The molecule has 0 aromatic heterocycles. The first-order valence-electron chi connectivity index (χ1n) is 10.5. The first-order chi connectivity index (χ1) is 12.7. The molecule has 0 N–H and O–H groups in total. The maximum Gasteiger partial charge on any atom is 0.311 e. The quantitative estimate of drug-likeness (QED) is 0.396. The Balaban J connectivity index is 2.07. The number of ether oxygens (including phenoxy) is 5. The molecule has 7 atom stereocenters. The van der Waals surface area contributed by atoms with Crippen LogP contribution < -0.4 is 0 Å². The zero-order chi connectivity index (χ0) is 20.2. The molecule has 6 heteroatoms. The third kappa shape index (κ3) is 5.43. The molecule has 0 heterocycles. The lowest BCUT2D eigenvalue weighted by Crippen LogP contribution is -2.47. The van der Waals surface area contributed by atoms with E-state index in [9.17, 15) is 4.79 Å². The molecule has 0 aromatic carbocycles. The van der Waals surface area contributed by atoms with Crippen molar-refractivity contribution in [1.29, 1.82) is 0 Å². The number of hydrogen-bond acceptors (Lipinski definition) is 6. The molecule has 0 amide bonds. The third-order valence-corrected chi connectivity index (χ3v) is 5.99. The van der Waals surface area contributed by atoms with Gasteiger partial charge in [0.2, 0.25) is 0 Å². The van der Waals surface area contributed by atoms with Crippen molar-refractivity contribution in [2.75, 3.05) is 13.2 Å². The molecule has 158 valence electrons. The molecule has 2 aliphatic rings. The first-order valence-corrected chi connectivity index (χ1v) is 10.5. The van der Waals surface area contributed by atoms with Crippen LogP contribution in [0.1, 0.15) is 67.7 Å². The minimum atomic E-state index is -0.462. The second kappa shape index (κ2) is 9.68. The summed E-state index contributed by atoms with van der Waals surface area (Å²) in [4.78, 5) is 12.6. The number of fused-ring (bicyclic) bond motifs is 2. The predicted molar refractivity (Wildman–Crippen MR) is 102 cm³/mol. The molecule has 0 aromatic rings. The van der Waals surface area contributed by atoms with Gasteiger partial charge in [0.05, 0.1) is 17.6 Å². The maximum absolute atomic E-state index is 12.6. The van der Waals surface area contributed by atoms with Crippen LogP contribution in [-0.2, 0) is 28.5 Å². The summed E-state index contributed by atoms with van der Waals surface area (Å²) < 4.78 is 29.5. The first kappa shape index (κ1) is 22.6. The van der Waals surface area contributed by atoms with Gasteiger partial charge in [0.15, 0.2) is 12.6 Å². The second-order valence-corrected chi connectivity index (χ2v) is 8.32. The van der Waals surface area contributed by atoms with E-state index in [4.69, 9.17) is 23.7 Å². The van der Waals surface area contributed by atoms with Crippen LogP contribution >= 0.6 is 0 Å². The van der Waals surface area contributed by atoms with Crippen molar-refractivity contribution >= 4 is 5.97 Å². The maximum atomic E-state index is 12.6. The molecule has 2 saturated carbocycles. The van der Waals surface area contributed by atoms with Gasteiger partial charge in [-0.05, 0) is 66.7 Å². The van der Waals surface area contributed by atoms with Gasteiger partial charge in [-0.2, -0.15) is 0 Å². The molecule has 27 heavy (non-hydrogen) atoms. The average Bonchev–Trinajstić information content (AvgIpc) is 3.14. The SMILES string of the molecule is CCOC(C)OC1C2CC(OC(=O)C(C)(C)CC)C(C2)C1OC(C)OCC. The van der Waals surface area contributed by atoms with E-state index in [0.29, 0.717) is 19.1 Å². The Morgan fingerprint density at radius 1 is 0.963 bits per heavy atom. The standard InChI is InChI=1S/C21H38O6/c1-8-21(6,7)20(22)27-17-12-15-11-16(17)19(26-14(5)24-10-3)18(15)25-13(4)23-9-2/h13-19H,8-12H2,1-7H3. The van der Waals surface area contributed by atoms with E-state index in [0.717, 1.165) is 19.3 Å². The molecule has 2 bridgehead atoms. The van der Waals surface area contributed by atoms with Crippen LogP contribution in [0.3, 0.4) is 0 Å². The Labute approximate surface area is 164 Å². The van der Waals surface area contributed by atoms with Crippen LogP contribution in [0.5, 0.6) is 0 Å². The summed E-state index contributed by atoms with van der Waals surface area (Å²) in [6.45, 7) is 14.8. The van der Waals surface area contributed by atoms with Crippen molar-refractivity contribution in [3.8, 4) is 0 Å². The monoisotopic (exact) mass is 386 g/mol. The van der Waals surface area contributed by atoms with E-state index >= 15 is 0 Å². The summed E-state index contributed by atoms with van der Waals surface area (Å²) in [5, 5.41) is 0. The highest BCUT2D eigenvalue weighted by molar-refractivity contribution is 5.76. The van der Waals surface area contributed by atoms with E-state index in [1.165, 1.54) is 0 Å². The van der Waals surface area contributed by atoms with E-state index in [2.05, 4.69) is 0 Å². The Morgan fingerprint density at radius 3 is 2.04 bits per heavy atom. The lowest BCUT2D eigenvalue weighted by molar-refractivity contribution is -0.245. The highest BCUT2D eigenvalue weighted by Gasteiger charge is 2.57. The largest absolute Gasteiger partial charge is 0.462 e. The Morgan fingerprint density at radius 2 is 1.52 bits per heavy atom. The molecule has 2 rings (SSSR count). The van der Waals surface area contributed by atoms with Gasteiger partial charge in [0.25, 0.3) is 0 Å². The van der Waals surface area contributed by atoms with Crippen molar-refractivity contribution < 1.29 is 28.5 Å². The molecule has 2 aliphatic carbocycles. The second-order valence-electron chi connectivity index (χ2n) is 8.32. The number of carbonyl (C=O) groups is 1. The Kier molecular flexibility index (Phi) is 8.10.